The first-order chi connectivity index (χ1) is 9.21. The molecule has 0 heterocycles. The second kappa shape index (κ2) is 7.71. The fourth-order valence-corrected chi connectivity index (χ4v) is 2.85. The number of benzene rings is 1. The van der Waals surface area contributed by atoms with Crippen LogP contribution in [0.4, 0.5) is 0 Å². The number of hydrogen-bond acceptors (Lipinski definition) is 4. The van der Waals surface area contributed by atoms with Crippen molar-refractivity contribution >= 4 is 42.9 Å². The maximum atomic E-state index is 11.2. The Bertz CT molecular complexity index is 535. The van der Waals surface area contributed by atoms with Gasteiger partial charge in [-0.15, -0.1) is 0 Å². The van der Waals surface area contributed by atoms with Crippen molar-refractivity contribution in [1.82, 2.24) is 0 Å². The topological polar surface area (TPSA) is 52.6 Å². The van der Waals surface area contributed by atoms with E-state index in [0.29, 0.717) is 19.1 Å². The highest BCUT2D eigenvalue weighted by Crippen LogP contribution is 2.36. The van der Waals surface area contributed by atoms with E-state index in [4.69, 9.17) is 43.4 Å². The van der Waals surface area contributed by atoms with Crippen molar-refractivity contribution in [3.63, 3.8) is 0 Å². The van der Waals surface area contributed by atoms with Crippen molar-refractivity contribution in [2.45, 2.75) is 18.7 Å². The van der Waals surface area contributed by atoms with E-state index in [0.717, 1.165) is 0 Å². The van der Waals surface area contributed by atoms with Crippen molar-refractivity contribution in [2.75, 3.05) is 19.8 Å². The lowest BCUT2D eigenvalue weighted by Gasteiger charge is -2.12. The van der Waals surface area contributed by atoms with Gasteiger partial charge >= 0.3 is 0 Å². The first-order valence-corrected chi connectivity index (χ1v) is 8.92. The average molecular weight is 362 g/mol. The highest BCUT2D eigenvalue weighted by molar-refractivity contribution is 8.13. The van der Waals surface area contributed by atoms with Crippen molar-refractivity contribution in [3.8, 4) is 5.75 Å². The van der Waals surface area contributed by atoms with Gasteiger partial charge in [-0.2, -0.15) is 0 Å². The van der Waals surface area contributed by atoms with Crippen molar-refractivity contribution in [1.29, 1.82) is 0 Å². The zero-order valence-electron chi connectivity index (χ0n) is 11.0. The van der Waals surface area contributed by atoms with Crippen LogP contribution in [0.5, 0.6) is 5.75 Å². The predicted octanol–water partition coefficient (Wildman–Crippen LogP) is 3.97. The molecule has 20 heavy (non-hydrogen) atoms. The summed E-state index contributed by atoms with van der Waals surface area (Å²) >= 11 is 11.9. The van der Waals surface area contributed by atoms with E-state index in [1.807, 2.05) is 13.8 Å². The van der Waals surface area contributed by atoms with E-state index < -0.39 is 9.05 Å². The second-order valence-electron chi connectivity index (χ2n) is 4.47. The number of hydrogen-bond donors (Lipinski definition) is 0. The van der Waals surface area contributed by atoms with E-state index >= 15 is 0 Å². The smallest absolute Gasteiger partial charge is 0.261 e. The molecule has 114 valence electrons. The van der Waals surface area contributed by atoms with Gasteiger partial charge in [-0.1, -0.05) is 37.0 Å². The van der Waals surface area contributed by atoms with Crippen LogP contribution in [0, 0.1) is 5.92 Å². The minimum atomic E-state index is -3.88. The van der Waals surface area contributed by atoms with Gasteiger partial charge in [0.2, 0.25) is 0 Å². The van der Waals surface area contributed by atoms with Crippen molar-refractivity contribution in [2.24, 2.45) is 5.92 Å². The monoisotopic (exact) mass is 360 g/mol. The molecule has 0 spiro atoms. The Kier molecular flexibility index (Phi) is 6.88. The molecule has 8 heteroatoms. The molecule has 1 rings (SSSR count). The van der Waals surface area contributed by atoms with E-state index in [2.05, 4.69) is 0 Å². The molecular formula is C12H15Cl3O4S. The van der Waals surface area contributed by atoms with Crippen molar-refractivity contribution < 1.29 is 17.9 Å². The Morgan fingerprint density at radius 1 is 1.15 bits per heavy atom. The molecule has 4 nitrogen and oxygen atoms in total. The molecule has 0 unspecified atom stereocenters. The van der Waals surface area contributed by atoms with Crippen LogP contribution in [-0.2, 0) is 13.8 Å². The summed E-state index contributed by atoms with van der Waals surface area (Å²) in [5.41, 5.74) is 0. The minimum Gasteiger partial charge on any atom is -0.488 e. The molecule has 0 saturated heterocycles. The molecule has 0 saturated carbocycles. The minimum absolute atomic E-state index is 0.0839. The van der Waals surface area contributed by atoms with Gasteiger partial charge in [-0.3, -0.25) is 0 Å². The van der Waals surface area contributed by atoms with Gasteiger partial charge in [-0.25, -0.2) is 8.42 Å². The van der Waals surface area contributed by atoms with Gasteiger partial charge in [-0.05, 0) is 18.1 Å². The van der Waals surface area contributed by atoms with Crippen LogP contribution in [-0.4, -0.2) is 28.2 Å². The summed E-state index contributed by atoms with van der Waals surface area (Å²) in [6.07, 6.45) is 0. The SMILES string of the molecule is CC(C)COCCOc1c(Cl)cc(S(=O)(=O)Cl)cc1Cl. The van der Waals surface area contributed by atoms with Gasteiger partial charge in [0.25, 0.3) is 9.05 Å². The van der Waals surface area contributed by atoms with Gasteiger partial charge in [0.15, 0.2) is 5.75 Å². The third kappa shape index (κ3) is 5.66. The molecule has 0 N–H and O–H groups in total. The zero-order valence-corrected chi connectivity index (χ0v) is 14.1. The summed E-state index contributed by atoms with van der Waals surface area (Å²) in [7, 11) is 1.34. The lowest BCUT2D eigenvalue weighted by atomic mass is 10.2. The predicted molar refractivity (Wildman–Crippen MR) is 80.7 cm³/mol. The molecule has 0 amide bonds. The highest BCUT2D eigenvalue weighted by Gasteiger charge is 2.16. The second-order valence-corrected chi connectivity index (χ2v) is 7.85. The van der Waals surface area contributed by atoms with E-state index in [1.165, 1.54) is 12.1 Å². The lowest BCUT2D eigenvalue weighted by Crippen LogP contribution is -2.10. The van der Waals surface area contributed by atoms with Crippen LogP contribution in [0.3, 0.4) is 0 Å². The van der Waals surface area contributed by atoms with E-state index in [1.54, 1.807) is 0 Å². The van der Waals surface area contributed by atoms with E-state index in [-0.39, 0.29) is 27.3 Å². The Hall–Kier alpha value is -0.200. The molecule has 0 aliphatic carbocycles. The fourth-order valence-electron chi connectivity index (χ4n) is 1.34. The third-order valence-electron chi connectivity index (χ3n) is 2.18. The Morgan fingerprint density at radius 3 is 2.15 bits per heavy atom. The molecule has 1 aromatic carbocycles. The van der Waals surface area contributed by atoms with Crippen LogP contribution in [0.1, 0.15) is 13.8 Å². The Morgan fingerprint density at radius 2 is 1.70 bits per heavy atom. The molecule has 0 fully saturated rings. The molecule has 0 atom stereocenters. The number of rotatable bonds is 7. The van der Waals surface area contributed by atoms with E-state index in [9.17, 15) is 8.42 Å². The molecule has 0 radical (unpaired) electrons. The fraction of sp³-hybridized carbons (Fsp3) is 0.500. The molecule has 0 aromatic heterocycles. The standard InChI is InChI=1S/C12H15Cl3O4S/c1-8(2)7-18-3-4-19-12-10(13)5-9(6-11(12)14)20(15,16)17/h5-6,8H,3-4,7H2,1-2H3. The van der Waals surface area contributed by atoms with Gasteiger partial charge in [0.1, 0.15) is 6.61 Å². The summed E-state index contributed by atoms with van der Waals surface area (Å²) in [5, 5.41) is 0.168. The Balaban J connectivity index is 2.68. The van der Waals surface area contributed by atoms with Crippen LogP contribution in [0.2, 0.25) is 10.0 Å². The van der Waals surface area contributed by atoms with Crippen LogP contribution < -0.4 is 4.74 Å². The number of halogens is 3. The quantitative estimate of drug-likeness (QED) is 0.544. The normalized spacial score (nSPS) is 11.9. The maximum absolute atomic E-state index is 11.2. The van der Waals surface area contributed by atoms with Crippen LogP contribution >= 0.6 is 33.9 Å². The molecule has 1 aromatic rings. The van der Waals surface area contributed by atoms with Crippen LogP contribution in [0.25, 0.3) is 0 Å². The summed E-state index contributed by atoms with van der Waals surface area (Å²) in [6, 6.07) is 2.39. The maximum Gasteiger partial charge on any atom is 0.261 e. The zero-order chi connectivity index (χ0) is 15.3. The lowest BCUT2D eigenvalue weighted by molar-refractivity contribution is 0.0819. The molecular weight excluding hydrogens is 347 g/mol. The van der Waals surface area contributed by atoms with Gasteiger partial charge < -0.3 is 9.47 Å². The molecule has 0 aliphatic heterocycles. The van der Waals surface area contributed by atoms with Gasteiger partial charge in [0.05, 0.1) is 21.5 Å². The summed E-state index contributed by atoms with van der Waals surface area (Å²) in [6.45, 7) is 5.37. The summed E-state index contributed by atoms with van der Waals surface area (Å²) in [5.74, 6) is 0.654. The van der Waals surface area contributed by atoms with Crippen LogP contribution in [0.15, 0.2) is 17.0 Å². The van der Waals surface area contributed by atoms with Gasteiger partial charge in [0, 0.05) is 17.3 Å². The molecule has 0 aliphatic rings. The number of ether oxygens (including phenoxy) is 2. The summed E-state index contributed by atoms with van der Waals surface area (Å²) < 4.78 is 33.1. The Labute approximate surface area is 133 Å². The first kappa shape index (κ1) is 17.9. The highest BCUT2D eigenvalue weighted by atomic mass is 35.7. The van der Waals surface area contributed by atoms with Crippen molar-refractivity contribution in [3.05, 3.63) is 22.2 Å². The first-order valence-electron chi connectivity index (χ1n) is 5.86. The largest absolute Gasteiger partial charge is 0.488 e. The molecule has 0 bridgehead atoms. The third-order valence-corrected chi connectivity index (χ3v) is 4.07. The summed E-state index contributed by atoms with van der Waals surface area (Å²) in [4.78, 5) is -0.169. The average Bonchev–Trinajstić information content (AvgIpc) is 2.29.